The summed E-state index contributed by atoms with van der Waals surface area (Å²) in [5, 5.41) is 9.73. The topological polar surface area (TPSA) is 93.0 Å². The van der Waals surface area contributed by atoms with E-state index in [1.807, 2.05) is 6.92 Å². The molecule has 0 radical (unpaired) electrons. The Morgan fingerprint density at radius 2 is 2.30 bits per heavy atom. The average molecular weight is 295 g/mol. The van der Waals surface area contributed by atoms with E-state index in [0.717, 1.165) is 0 Å². The van der Waals surface area contributed by atoms with Gasteiger partial charge in [0.05, 0.1) is 23.7 Å². The Labute approximate surface area is 121 Å². The highest BCUT2D eigenvalue weighted by atomic mass is 35.5. The minimum Gasteiger partial charge on any atom is -0.492 e. The van der Waals surface area contributed by atoms with Gasteiger partial charge in [-0.15, -0.1) is 0 Å². The van der Waals surface area contributed by atoms with E-state index < -0.39 is 5.91 Å². The first-order valence-corrected chi connectivity index (χ1v) is 6.44. The minimum absolute atomic E-state index is 0.143. The van der Waals surface area contributed by atoms with Gasteiger partial charge in [-0.05, 0) is 32.0 Å². The Morgan fingerprint density at radius 1 is 1.55 bits per heavy atom. The van der Waals surface area contributed by atoms with Crippen molar-refractivity contribution in [3.8, 4) is 5.75 Å². The summed E-state index contributed by atoms with van der Waals surface area (Å²) in [6, 6.07) is 5.00. The number of aromatic amines is 1. The van der Waals surface area contributed by atoms with Crippen molar-refractivity contribution in [2.75, 3.05) is 17.7 Å². The van der Waals surface area contributed by atoms with Crippen LogP contribution < -0.4 is 15.8 Å². The van der Waals surface area contributed by atoms with E-state index in [-0.39, 0.29) is 5.69 Å². The van der Waals surface area contributed by atoms with E-state index in [9.17, 15) is 4.79 Å². The molecule has 7 heteroatoms. The standard InChI is InChI=1S/C13H15ClN4O2/c1-3-20-10-5-4-8(14)6-9(10)16-13(19)12-11(15)7(2)17-18-12/h4-6H,3,15H2,1-2H3,(H,16,19)(H,17,18). The summed E-state index contributed by atoms with van der Waals surface area (Å²) in [6.45, 7) is 4.08. The molecule has 0 aliphatic rings. The molecule has 0 aliphatic carbocycles. The van der Waals surface area contributed by atoms with Crippen LogP contribution in [0.25, 0.3) is 0 Å². The normalized spacial score (nSPS) is 10.3. The number of hydrogen-bond acceptors (Lipinski definition) is 4. The lowest BCUT2D eigenvalue weighted by atomic mass is 10.2. The molecule has 1 heterocycles. The van der Waals surface area contributed by atoms with Crippen molar-refractivity contribution in [1.29, 1.82) is 0 Å². The number of halogens is 1. The Balaban J connectivity index is 2.27. The van der Waals surface area contributed by atoms with Crippen LogP contribution in [0.2, 0.25) is 5.02 Å². The highest BCUT2D eigenvalue weighted by Crippen LogP contribution is 2.28. The van der Waals surface area contributed by atoms with Gasteiger partial charge in [-0.1, -0.05) is 11.6 Å². The molecule has 0 aliphatic heterocycles. The van der Waals surface area contributed by atoms with Crippen molar-refractivity contribution in [1.82, 2.24) is 10.2 Å². The van der Waals surface area contributed by atoms with E-state index in [2.05, 4.69) is 15.5 Å². The first-order chi connectivity index (χ1) is 9.52. The summed E-state index contributed by atoms with van der Waals surface area (Å²) in [7, 11) is 0. The van der Waals surface area contributed by atoms with Crippen LogP contribution in [0.5, 0.6) is 5.75 Å². The van der Waals surface area contributed by atoms with Crippen molar-refractivity contribution in [3.05, 3.63) is 34.6 Å². The molecular weight excluding hydrogens is 280 g/mol. The van der Waals surface area contributed by atoms with Gasteiger partial charge in [0.25, 0.3) is 5.91 Å². The SMILES string of the molecule is CCOc1ccc(Cl)cc1NC(=O)c1n[nH]c(C)c1N. The molecule has 0 saturated heterocycles. The third kappa shape index (κ3) is 2.85. The van der Waals surface area contributed by atoms with Crippen molar-refractivity contribution >= 4 is 28.9 Å². The largest absolute Gasteiger partial charge is 0.492 e. The lowest BCUT2D eigenvalue weighted by molar-refractivity contribution is 0.102. The molecular formula is C13H15ClN4O2. The number of carbonyl (C=O) groups excluding carboxylic acids is 1. The molecule has 20 heavy (non-hydrogen) atoms. The van der Waals surface area contributed by atoms with Crippen LogP contribution in [0.1, 0.15) is 23.1 Å². The fourth-order valence-electron chi connectivity index (χ4n) is 1.67. The molecule has 106 valence electrons. The zero-order chi connectivity index (χ0) is 14.7. The average Bonchev–Trinajstić information content (AvgIpc) is 2.73. The summed E-state index contributed by atoms with van der Waals surface area (Å²) < 4.78 is 5.43. The molecule has 6 nitrogen and oxygen atoms in total. The molecule has 1 amide bonds. The molecule has 0 unspecified atom stereocenters. The van der Waals surface area contributed by atoms with Crippen LogP contribution in [-0.2, 0) is 0 Å². The Bertz CT molecular complexity index is 639. The highest BCUT2D eigenvalue weighted by molar-refractivity contribution is 6.31. The molecule has 1 aromatic carbocycles. The molecule has 0 saturated carbocycles. The molecule has 0 bridgehead atoms. The van der Waals surface area contributed by atoms with Gasteiger partial charge in [-0.2, -0.15) is 5.10 Å². The van der Waals surface area contributed by atoms with E-state index >= 15 is 0 Å². The van der Waals surface area contributed by atoms with Crippen molar-refractivity contribution in [2.45, 2.75) is 13.8 Å². The number of anilines is 2. The smallest absolute Gasteiger partial charge is 0.278 e. The third-order valence-corrected chi connectivity index (χ3v) is 2.93. The highest BCUT2D eigenvalue weighted by Gasteiger charge is 2.17. The second-order valence-corrected chi connectivity index (χ2v) is 4.57. The number of H-pyrrole nitrogens is 1. The van der Waals surface area contributed by atoms with Gasteiger partial charge in [-0.25, -0.2) is 0 Å². The lowest BCUT2D eigenvalue weighted by Crippen LogP contribution is -2.15. The van der Waals surface area contributed by atoms with Gasteiger partial charge in [0.1, 0.15) is 5.75 Å². The molecule has 1 aromatic heterocycles. The second kappa shape index (κ2) is 5.83. The van der Waals surface area contributed by atoms with Crippen LogP contribution in [0.4, 0.5) is 11.4 Å². The van der Waals surface area contributed by atoms with Crippen LogP contribution in [0, 0.1) is 6.92 Å². The maximum atomic E-state index is 12.1. The molecule has 4 N–H and O–H groups in total. The zero-order valence-corrected chi connectivity index (χ0v) is 11.9. The van der Waals surface area contributed by atoms with E-state index in [4.69, 9.17) is 22.1 Å². The summed E-state index contributed by atoms with van der Waals surface area (Å²) >= 11 is 5.93. The number of nitrogens with one attached hydrogen (secondary N) is 2. The maximum Gasteiger partial charge on any atom is 0.278 e. The van der Waals surface area contributed by atoms with E-state index in [0.29, 0.717) is 34.4 Å². The van der Waals surface area contributed by atoms with E-state index in [1.54, 1.807) is 25.1 Å². The Kier molecular flexibility index (Phi) is 4.14. The van der Waals surface area contributed by atoms with Gasteiger partial charge in [0.2, 0.25) is 0 Å². The number of rotatable bonds is 4. The fraction of sp³-hybridized carbons (Fsp3) is 0.231. The van der Waals surface area contributed by atoms with Crippen LogP contribution in [0.15, 0.2) is 18.2 Å². The third-order valence-electron chi connectivity index (χ3n) is 2.70. The minimum atomic E-state index is -0.421. The Morgan fingerprint density at radius 3 is 2.90 bits per heavy atom. The van der Waals surface area contributed by atoms with Crippen LogP contribution in [-0.4, -0.2) is 22.7 Å². The quantitative estimate of drug-likeness (QED) is 0.808. The molecule has 0 atom stereocenters. The van der Waals surface area contributed by atoms with Crippen molar-refractivity contribution in [2.24, 2.45) is 0 Å². The van der Waals surface area contributed by atoms with Gasteiger partial charge in [-0.3, -0.25) is 9.89 Å². The summed E-state index contributed by atoms with van der Waals surface area (Å²) in [5.41, 5.74) is 7.36. The number of ether oxygens (including phenoxy) is 1. The number of carbonyl (C=O) groups is 1. The maximum absolute atomic E-state index is 12.1. The van der Waals surface area contributed by atoms with Gasteiger partial charge >= 0.3 is 0 Å². The first kappa shape index (κ1) is 14.2. The predicted octanol–water partition coefficient (Wildman–Crippen LogP) is 2.60. The number of nitrogen functional groups attached to an aromatic ring is 1. The number of amides is 1. The first-order valence-electron chi connectivity index (χ1n) is 6.07. The number of aryl methyl sites for hydroxylation is 1. The number of aromatic nitrogens is 2. The van der Waals surface area contributed by atoms with Gasteiger partial charge in [0.15, 0.2) is 5.69 Å². The van der Waals surface area contributed by atoms with Gasteiger partial charge < -0.3 is 15.8 Å². The molecule has 2 aromatic rings. The predicted molar refractivity (Wildman–Crippen MR) is 78.3 cm³/mol. The zero-order valence-electron chi connectivity index (χ0n) is 11.2. The molecule has 0 fully saturated rings. The number of nitrogens with two attached hydrogens (primary N) is 1. The second-order valence-electron chi connectivity index (χ2n) is 4.14. The number of hydrogen-bond donors (Lipinski definition) is 3. The summed E-state index contributed by atoms with van der Waals surface area (Å²) in [6.07, 6.45) is 0. The monoisotopic (exact) mass is 294 g/mol. The van der Waals surface area contributed by atoms with Crippen molar-refractivity contribution < 1.29 is 9.53 Å². The van der Waals surface area contributed by atoms with Crippen molar-refractivity contribution in [3.63, 3.8) is 0 Å². The summed E-state index contributed by atoms with van der Waals surface area (Å²) in [5.74, 6) is 0.117. The van der Waals surface area contributed by atoms with Crippen LogP contribution >= 0.6 is 11.6 Å². The van der Waals surface area contributed by atoms with E-state index in [1.165, 1.54) is 0 Å². The number of benzene rings is 1. The molecule has 2 rings (SSSR count). The number of nitrogens with zero attached hydrogens (tertiary/aromatic N) is 1. The fourth-order valence-corrected chi connectivity index (χ4v) is 1.85. The van der Waals surface area contributed by atoms with Crippen LogP contribution in [0.3, 0.4) is 0 Å². The van der Waals surface area contributed by atoms with Gasteiger partial charge in [0, 0.05) is 5.02 Å². The molecule has 0 spiro atoms. The summed E-state index contributed by atoms with van der Waals surface area (Å²) in [4.78, 5) is 12.1. The lowest BCUT2D eigenvalue weighted by Gasteiger charge is -2.11. The Hall–Kier alpha value is -2.21.